The summed E-state index contributed by atoms with van der Waals surface area (Å²) < 4.78 is 4.77. The molecule has 0 rings (SSSR count). The average Bonchev–Trinajstić information content (AvgIpc) is 2.03. The van der Waals surface area contributed by atoms with Crippen LogP contribution >= 0.6 is 0 Å². The summed E-state index contributed by atoms with van der Waals surface area (Å²) in [5.74, 6) is -0.335. The van der Waals surface area contributed by atoms with Gasteiger partial charge in [0.05, 0.1) is 18.6 Å². The van der Waals surface area contributed by atoms with E-state index in [4.69, 9.17) is 4.74 Å². The molecule has 0 bridgehead atoms. The molecular weight excluding hydrogens is 180 g/mol. The summed E-state index contributed by atoms with van der Waals surface area (Å²) >= 11 is 0. The Bertz CT molecular complexity index is 195. The molecule has 0 radical (unpaired) electrons. The molecule has 0 aromatic rings. The van der Waals surface area contributed by atoms with E-state index in [2.05, 4.69) is 0 Å². The number of ether oxygens (including phenoxy) is 1. The van der Waals surface area contributed by atoms with Gasteiger partial charge in [-0.3, -0.25) is 4.79 Å². The maximum Gasteiger partial charge on any atom is 0.308 e. The molecule has 0 aromatic heterocycles. The van der Waals surface area contributed by atoms with Crippen LogP contribution in [0.4, 0.5) is 0 Å². The maximum atomic E-state index is 11.1. The highest BCUT2D eigenvalue weighted by molar-refractivity contribution is 5.70. The lowest BCUT2D eigenvalue weighted by Gasteiger charge is -2.21. The third-order valence-corrected chi connectivity index (χ3v) is 1.92. The highest BCUT2D eigenvalue weighted by atomic mass is 16.5. The Kier molecular flexibility index (Phi) is 6.21. The number of esters is 1. The van der Waals surface area contributed by atoms with Crippen molar-refractivity contribution in [3.8, 4) is 0 Å². The summed E-state index contributed by atoms with van der Waals surface area (Å²) in [7, 11) is 0. The third kappa shape index (κ3) is 6.66. The summed E-state index contributed by atoms with van der Waals surface area (Å²) in [5, 5.41) is 9.80. The topological polar surface area (TPSA) is 46.5 Å². The smallest absolute Gasteiger partial charge is 0.308 e. The second-order valence-corrected chi connectivity index (χ2v) is 3.59. The number of carbonyl (C=O) groups is 1. The quantitative estimate of drug-likeness (QED) is 0.527. The Morgan fingerprint density at radius 1 is 1.57 bits per heavy atom. The molecule has 1 N–H and O–H groups in total. The lowest BCUT2D eigenvalue weighted by molar-refractivity contribution is -0.148. The molecule has 0 aromatic carbocycles. The summed E-state index contributed by atoms with van der Waals surface area (Å²) in [5.41, 5.74) is -0.953. The van der Waals surface area contributed by atoms with Crippen LogP contribution in [0.2, 0.25) is 0 Å². The summed E-state index contributed by atoms with van der Waals surface area (Å²) in [4.78, 5) is 11.1. The van der Waals surface area contributed by atoms with Gasteiger partial charge < -0.3 is 9.84 Å². The molecule has 0 heterocycles. The first-order valence-electron chi connectivity index (χ1n) is 5.01. The predicted octanol–water partition coefficient (Wildman–Crippen LogP) is 2.05. The van der Waals surface area contributed by atoms with E-state index in [-0.39, 0.29) is 12.4 Å². The molecule has 0 fully saturated rings. The first kappa shape index (κ1) is 13.2. The average molecular weight is 200 g/mol. The van der Waals surface area contributed by atoms with E-state index in [0.29, 0.717) is 13.0 Å². The zero-order chi connectivity index (χ0) is 11.0. The lowest BCUT2D eigenvalue weighted by atomic mass is 9.96. The number of hydrogen-bond acceptors (Lipinski definition) is 3. The Labute approximate surface area is 85.8 Å². The van der Waals surface area contributed by atoms with Gasteiger partial charge in [0.25, 0.3) is 0 Å². The number of rotatable bonds is 6. The standard InChI is InChI=1S/C11H20O3/c1-4-6-7-8-11(3,13)9-10(12)14-5-2/h4,6,13H,5,7-9H2,1-3H3. The van der Waals surface area contributed by atoms with Gasteiger partial charge >= 0.3 is 5.97 Å². The Morgan fingerprint density at radius 2 is 2.21 bits per heavy atom. The highest BCUT2D eigenvalue weighted by Crippen LogP contribution is 2.17. The molecule has 1 unspecified atom stereocenters. The van der Waals surface area contributed by atoms with Crippen LogP contribution in [0.3, 0.4) is 0 Å². The van der Waals surface area contributed by atoms with Gasteiger partial charge in [-0.2, -0.15) is 0 Å². The number of hydrogen-bond donors (Lipinski definition) is 1. The molecule has 14 heavy (non-hydrogen) atoms. The maximum absolute atomic E-state index is 11.1. The van der Waals surface area contributed by atoms with Crippen LogP contribution in [0.15, 0.2) is 12.2 Å². The number of carbonyl (C=O) groups excluding carboxylic acids is 1. The normalized spacial score (nSPS) is 15.4. The van der Waals surface area contributed by atoms with Crippen molar-refractivity contribution in [3.05, 3.63) is 12.2 Å². The molecule has 0 saturated carbocycles. The Morgan fingerprint density at radius 3 is 2.71 bits per heavy atom. The fourth-order valence-electron chi connectivity index (χ4n) is 1.17. The van der Waals surface area contributed by atoms with Crippen molar-refractivity contribution >= 4 is 5.97 Å². The lowest BCUT2D eigenvalue weighted by Crippen LogP contribution is -2.28. The Balaban J connectivity index is 3.86. The minimum atomic E-state index is -0.953. The van der Waals surface area contributed by atoms with E-state index >= 15 is 0 Å². The van der Waals surface area contributed by atoms with Crippen molar-refractivity contribution in [1.82, 2.24) is 0 Å². The first-order valence-corrected chi connectivity index (χ1v) is 5.01. The third-order valence-electron chi connectivity index (χ3n) is 1.92. The largest absolute Gasteiger partial charge is 0.466 e. The van der Waals surface area contributed by atoms with Crippen molar-refractivity contribution in [1.29, 1.82) is 0 Å². The van der Waals surface area contributed by atoms with Crippen LogP contribution in [0.25, 0.3) is 0 Å². The SMILES string of the molecule is CC=CCCC(C)(O)CC(=O)OCC. The van der Waals surface area contributed by atoms with Crippen molar-refractivity contribution in [2.45, 2.75) is 45.6 Å². The van der Waals surface area contributed by atoms with Gasteiger partial charge in [-0.25, -0.2) is 0 Å². The molecule has 3 nitrogen and oxygen atoms in total. The summed E-state index contributed by atoms with van der Waals surface area (Å²) in [6, 6.07) is 0. The van der Waals surface area contributed by atoms with Crippen LogP contribution in [-0.2, 0) is 9.53 Å². The summed E-state index contributed by atoms with van der Waals surface area (Å²) in [6.07, 6.45) is 5.33. The van der Waals surface area contributed by atoms with E-state index < -0.39 is 5.60 Å². The van der Waals surface area contributed by atoms with Gasteiger partial charge in [0.1, 0.15) is 0 Å². The molecule has 0 aliphatic heterocycles. The first-order chi connectivity index (χ1) is 6.52. The van der Waals surface area contributed by atoms with E-state index in [1.165, 1.54) is 0 Å². The molecule has 3 heteroatoms. The molecule has 0 aliphatic carbocycles. The molecule has 0 amide bonds. The predicted molar refractivity (Wildman–Crippen MR) is 55.9 cm³/mol. The van der Waals surface area contributed by atoms with E-state index in [1.54, 1.807) is 13.8 Å². The van der Waals surface area contributed by atoms with Crippen LogP contribution in [0.1, 0.15) is 40.0 Å². The number of allylic oxidation sites excluding steroid dienone is 2. The zero-order valence-electron chi connectivity index (χ0n) is 9.25. The number of aliphatic hydroxyl groups is 1. The minimum absolute atomic E-state index is 0.0679. The van der Waals surface area contributed by atoms with Gasteiger partial charge in [0, 0.05) is 0 Å². The van der Waals surface area contributed by atoms with Crippen LogP contribution in [0.5, 0.6) is 0 Å². The van der Waals surface area contributed by atoms with Gasteiger partial charge in [-0.1, -0.05) is 12.2 Å². The van der Waals surface area contributed by atoms with Crippen molar-refractivity contribution in [2.24, 2.45) is 0 Å². The van der Waals surface area contributed by atoms with Crippen molar-refractivity contribution < 1.29 is 14.6 Å². The fourth-order valence-corrected chi connectivity index (χ4v) is 1.17. The van der Waals surface area contributed by atoms with Gasteiger partial charge in [-0.05, 0) is 33.6 Å². The molecule has 0 spiro atoms. The minimum Gasteiger partial charge on any atom is -0.466 e. The van der Waals surface area contributed by atoms with E-state index in [9.17, 15) is 9.90 Å². The monoisotopic (exact) mass is 200 g/mol. The van der Waals surface area contributed by atoms with Crippen LogP contribution < -0.4 is 0 Å². The second-order valence-electron chi connectivity index (χ2n) is 3.59. The zero-order valence-corrected chi connectivity index (χ0v) is 9.25. The Hall–Kier alpha value is -0.830. The second kappa shape index (κ2) is 6.60. The van der Waals surface area contributed by atoms with Crippen LogP contribution in [0, 0.1) is 0 Å². The molecule has 0 aliphatic rings. The van der Waals surface area contributed by atoms with Crippen molar-refractivity contribution in [2.75, 3.05) is 6.61 Å². The summed E-state index contributed by atoms with van der Waals surface area (Å²) in [6.45, 7) is 5.71. The molecule has 0 saturated heterocycles. The van der Waals surface area contributed by atoms with Gasteiger partial charge in [0.15, 0.2) is 0 Å². The van der Waals surface area contributed by atoms with E-state index in [1.807, 2.05) is 19.1 Å². The highest BCUT2D eigenvalue weighted by Gasteiger charge is 2.23. The van der Waals surface area contributed by atoms with Gasteiger partial charge in [0.2, 0.25) is 0 Å². The fraction of sp³-hybridized carbons (Fsp3) is 0.727. The van der Waals surface area contributed by atoms with Gasteiger partial charge in [-0.15, -0.1) is 0 Å². The van der Waals surface area contributed by atoms with Crippen molar-refractivity contribution in [3.63, 3.8) is 0 Å². The van der Waals surface area contributed by atoms with Crippen LogP contribution in [-0.4, -0.2) is 23.3 Å². The van der Waals surface area contributed by atoms with E-state index in [0.717, 1.165) is 6.42 Å². The molecular formula is C11H20O3. The molecule has 82 valence electrons. The molecule has 1 atom stereocenters.